The van der Waals surface area contributed by atoms with Gasteiger partial charge in [0, 0.05) is 50.6 Å². The highest BCUT2D eigenvalue weighted by atomic mass is 28.4. The van der Waals surface area contributed by atoms with Gasteiger partial charge in [0.15, 0.2) is 8.32 Å². The molecule has 4 rings (SSSR count). The molecule has 1 aliphatic rings. The molecular weight excluding hydrogens is 554 g/mol. The zero-order valence-electron chi connectivity index (χ0n) is 27.5. The Balaban J connectivity index is 1.63. The van der Waals surface area contributed by atoms with Gasteiger partial charge in [0.1, 0.15) is 6.07 Å². The lowest BCUT2D eigenvalue weighted by atomic mass is 9.83. The van der Waals surface area contributed by atoms with Crippen molar-refractivity contribution in [2.24, 2.45) is 5.92 Å². The van der Waals surface area contributed by atoms with E-state index in [1.807, 2.05) is 18.3 Å². The minimum atomic E-state index is -1.94. The van der Waals surface area contributed by atoms with Gasteiger partial charge in [0.2, 0.25) is 5.95 Å². The summed E-state index contributed by atoms with van der Waals surface area (Å²) in [4.78, 5) is 9.42. The zero-order valence-corrected chi connectivity index (χ0v) is 28.5. The van der Waals surface area contributed by atoms with Gasteiger partial charge in [-0.2, -0.15) is 10.4 Å². The van der Waals surface area contributed by atoms with E-state index in [1.165, 1.54) is 0 Å². The SMILES string of the molecule is COCCCn1ncc(Nc2nccc(-c3cc(C#N)c4c(c3)[C@@](C)(CO[Si](C)(C)C(C)(C)C)CN4)n2)c1CCC(C)C. The molecule has 2 N–H and O–H groups in total. The standard InChI is InChI=1S/C33H49N7O2Si/c1-23(2)11-12-29-28(20-37-40(29)15-10-16-41-7)39-31-35-14-13-27(38-31)24-17-25(19-34)30-26(18-24)33(6,21-36-30)22-42-43(8,9)32(3,4)5/h13-14,17-18,20,23,36H,10-12,15-16,21-22H2,1-9H3,(H,35,38,39)/t33-/m1/s1. The summed E-state index contributed by atoms with van der Waals surface area (Å²) >= 11 is 0. The van der Waals surface area contributed by atoms with Crippen molar-refractivity contribution in [1.82, 2.24) is 19.7 Å². The van der Waals surface area contributed by atoms with Crippen LogP contribution in [0.5, 0.6) is 0 Å². The van der Waals surface area contributed by atoms with Gasteiger partial charge >= 0.3 is 0 Å². The average Bonchev–Trinajstić information content (AvgIpc) is 3.50. The first-order valence-electron chi connectivity index (χ1n) is 15.4. The van der Waals surface area contributed by atoms with Crippen molar-refractivity contribution in [2.75, 3.05) is 37.5 Å². The number of anilines is 3. The Kier molecular flexibility index (Phi) is 9.99. The molecule has 1 aromatic carbocycles. The predicted molar refractivity (Wildman–Crippen MR) is 176 cm³/mol. The van der Waals surface area contributed by atoms with E-state index in [0.717, 1.165) is 66.2 Å². The minimum Gasteiger partial charge on any atom is -0.416 e. The Bertz CT molecular complexity index is 1450. The number of aromatic nitrogens is 4. The van der Waals surface area contributed by atoms with Crippen LogP contribution < -0.4 is 10.6 Å². The molecule has 0 spiro atoms. The van der Waals surface area contributed by atoms with Crippen molar-refractivity contribution in [2.45, 2.75) is 90.9 Å². The molecule has 3 aromatic rings. The topological polar surface area (TPSA) is 110 Å². The van der Waals surface area contributed by atoms with Crippen LogP contribution in [0.25, 0.3) is 11.3 Å². The fourth-order valence-corrected chi connectivity index (χ4v) is 6.18. The first-order valence-corrected chi connectivity index (χ1v) is 18.3. The zero-order chi connectivity index (χ0) is 31.4. The number of aryl methyl sites for hydroxylation is 1. The summed E-state index contributed by atoms with van der Waals surface area (Å²) in [6.07, 6.45) is 6.49. The lowest BCUT2D eigenvalue weighted by Gasteiger charge is -2.39. The van der Waals surface area contributed by atoms with Gasteiger partial charge in [-0.05, 0) is 67.1 Å². The molecule has 2 aromatic heterocycles. The third kappa shape index (κ3) is 7.46. The van der Waals surface area contributed by atoms with E-state index in [2.05, 4.69) is 92.2 Å². The van der Waals surface area contributed by atoms with Crippen molar-refractivity contribution < 1.29 is 9.16 Å². The quantitative estimate of drug-likeness (QED) is 0.155. The van der Waals surface area contributed by atoms with Crippen LogP contribution in [0.3, 0.4) is 0 Å². The summed E-state index contributed by atoms with van der Waals surface area (Å²) in [7, 11) is -0.222. The van der Waals surface area contributed by atoms with E-state index in [4.69, 9.17) is 14.1 Å². The van der Waals surface area contributed by atoms with Crippen LogP contribution in [-0.2, 0) is 27.5 Å². The maximum Gasteiger partial charge on any atom is 0.227 e. The number of rotatable bonds is 13. The van der Waals surface area contributed by atoms with Crippen LogP contribution in [0.4, 0.5) is 17.3 Å². The maximum absolute atomic E-state index is 10.1. The second kappa shape index (κ2) is 13.2. The molecule has 1 atom stereocenters. The monoisotopic (exact) mass is 603 g/mol. The normalized spacial score (nSPS) is 16.7. The Morgan fingerprint density at radius 2 is 2.02 bits per heavy atom. The maximum atomic E-state index is 10.1. The number of methoxy groups -OCH3 is 1. The highest BCUT2D eigenvalue weighted by molar-refractivity contribution is 6.74. The average molecular weight is 604 g/mol. The molecule has 0 radical (unpaired) electrons. The Morgan fingerprint density at radius 1 is 1.26 bits per heavy atom. The predicted octanol–water partition coefficient (Wildman–Crippen LogP) is 7.29. The first-order chi connectivity index (χ1) is 20.3. The van der Waals surface area contributed by atoms with Gasteiger partial charge in [-0.15, -0.1) is 0 Å². The fraction of sp³-hybridized carbons (Fsp3) is 0.576. The summed E-state index contributed by atoms with van der Waals surface area (Å²) in [6.45, 7) is 20.8. The van der Waals surface area contributed by atoms with Crippen LogP contribution in [0.1, 0.15) is 71.2 Å². The summed E-state index contributed by atoms with van der Waals surface area (Å²) in [5.74, 6) is 1.08. The van der Waals surface area contributed by atoms with Gasteiger partial charge in [0.05, 0.1) is 34.5 Å². The molecule has 0 fully saturated rings. The van der Waals surface area contributed by atoms with Crippen LogP contribution in [-0.4, -0.2) is 54.9 Å². The number of hydrogen-bond acceptors (Lipinski definition) is 8. The van der Waals surface area contributed by atoms with Crippen molar-refractivity contribution in [3.8, 4) is 17.3 Å². The summed E-state index contributed by atoms with van der Waals surface area (Å²) < 4.78 is 14.0. The number of hydrogen-bond donors (Lipinski definition) is 2. The summed E-state index contributed by atoms with van der Waals surface area (Å²) in [5.41, 5.74) is 6.06. The van der Waals surface area contributed by atoms with Crippen LogP contribution in [0.2, 0.25) is 18.1 Å². The molecule has 0 amide bonds. The van der Waals surface area contributed by atoms with E-state index < -0.39 is 8.32 Å². The molecule has 43 heavy (non-hydrogen) atoms. The molecule has 0 bridgehead atoms. The fourth-order valence-electron chi connectivity index (χ4n) is 5.06. The van der Waals surface area contributed by atoms with Gasteiger partial charge in [0.25, 0.3) is 0 Å². The molecule has 1 aliphatic heterocycles. The van der Waals surface area contributed by atoms with Gasteiger partial charge in [-0.25, -0.2) is 9.97 Å². The third-order valence-corrected chi connectivity index (χ3v) is 13.4. The molecule has 0 aliphatic carbocycles. The second-order valence-corrected chi connectivity index (χ2v) is 18.7. The van der Waals surface area contributed by atoms with Crippen LogP contribution in [0.15, 0.2) is 30.6 Å². The summed E-state index contributed by atoms with van der Waals surface area (Å²) in [6, 6.07) is 8.39. The van der Waals surface area contributed by atoms with E-state index in [9.17, 15) is 5.26 Å². The number of nitrogens with zero attached hydrogens (tertiary/aromatic N) is 5. The number of nitrogens with one attached hydrogen (secondary N) is 2. The number of ether oxygens (including phenoxy) is 1. The molecule has 10 heteroatoms. The lowest BCUT2D eigenvalue weighted by molar-refractivity contribution is 0.188. The lowest BCUT2D eigenvalue weighted by Crippen LogP contribution is -2.45. The Hall–Kier alpha value is -3.26. The molecule has 0 saturated heterocycles. The minimum absolute atomic E-state index is 0.122. The number of benzene rings is 1. The third-order valence-electron chi connectivity index (χ3n) is 8.95. The van der Waals surface area contributed by atoms with Gasteiger partial charge in [-0.1, -0.05) is 41.5 Å². The largest absolute Gasteiger partial charge is 0.416 e. The van der Waals surface area contributed by atoms with E-state index in [0.29, 0.717) is 30.6 Å². The van der Waals surface area contributed by atoms with Gasteiger partial charge < -0.3 is 19.8 Å². The molecule has 3 heterocycles. The van der Waals surface area contributed by atoms with Crippen LogP contribution >= 0.6 is 0 Å². The summed E-state index contributed by atoms with van der Waals surface area (Å²) in [5, 5.41) is 21.8. The number of nitriles is 1. The highest BCUT2D eigenvalue weighted by Gasteiger charge is 2.42. The number of fused-ring (bicyclic) bond motifs is 1. The van der Waals surface area contributed by atoms with E-state index in [1.54, 1.807) is 13.3 Å². The highest BCUT2D eigenvalue weighted by Crippen LogP contribution is 2.44. The molecule has 9 nitrogen and oxygen atoms in total. The smallest absolute Gasteiger partial charge is 0.227 e. The van der Waals surface area contributed by atoms with Crippen LogP contribution in [0, 0.1) is 17.2 Å². The molecule has 232 valence electrons. The first kappa shape index (κ1) is 32.6. The molecular formula is C33H49N7O2Si. The van der Waals surface area contributed by atoms with Gasteiger partial charge in [-0.3, -0.25) is 4.68 Å². The Labute approximate surface area is 258 Å². The van der Waals surface area contributed by atoms with E-state index >= 15 is 0 Å². The second-order valence-electron chi connectivity index (χ2n) is 13.9. The molecule has 0 saturated carbocycles. The van der Waals surface area contributed by atoms with Crippen molar-refractivity contribution in [3.63, 3.8) is 0 Å². The van der Waals surface area contributed by atoms with E-state index in [-0.39, 0.29) is 10.5 Å². The van der Waals surface area contributed by atoms with Crippen molar-refractivity contribution in [3.05, 3.63) is 47.4 Å². The van der Waals surface area contributed by atoms with Crippen molar-refractivity contribution >= 4 is 25.6 Å². The van der Waals surface area contributed by atoms with Crippen molar-refractivity contribution in [1.29, 1.82) is 5.26 Å². The Morgan fingerprint density at radius 3 is 2.70 bits per heavy atom. The molecule has 0 unspecified atom stereocenters.